The fraction of sp³-hybridized carbons (Fsp3) is 0.867. The van der Waals surface area contributed by atoms with Crippen molar-refractivity contribution in [3.8, 4) is 0 Å². The van der Waals surface area contributed by atoms with Crippen molar-refractivity contribution in [1.82, 2.24) is 0 Å². The molecule has 176 valence electrons. The van der Waals surface area contributed by atoms with E-state index in [0.29, 0.717) is 10.8 Å². The average molecular weight is 427 g/mol. The number of hydrogen-bond acceptors (Lipinski definition) is 1. The van der Waals surface area contributed by atoms with Gasteiger partial charge < -0.3 is 5.11 Å². The summed E-state index contributed by atoms with van der Waals surface area (Å²) < 4.78 is 0. The van der Waals surface area contributed by atoms with Gasteiger partial charge >= 0.3 is 0 Å². The van der Waals surface area contributed by atoms with Gasteiger partial charge in [0, 0.05) is 0 Å². The van der Waals surface area contributed by atoms with Crippen LogP contribution >= 0.6 is 0 Å². The minimum atomic E-state index is -0.0868. The number of hydrogen-bond donors (Lipinski definition) is 1. The van der Waals surface area contributed by atoms with E-state index in [9.17, 15) is 5.11 Å². The summed E-state index contributed by atoms with van der Waals surface area (Å²) in [6, 6.07) is 0. The molecule has 4 aliphatic rings. The van der Waals surface area contributed by atoms with Crippen molar-refractivity contribution < 1.29 is 5.11 Å². The van der Waals surface area contributed by atoms with Gasteiger partial charge in [-0.15, -0.1) is 0 Å². The molecule has 3 fully saturated rings. The fourth-order valence-electron chi connectivity index (χ4n) is 9.30. The zero-order valence-corrected chi connectivity index (χ0v) is 21.3. The van der Waals surface area contributed by atoms with Crippen molar-refractivity contribution >= 4 is 0 Å². The molecule has 0 heterocycles. The van der Waals surface area contributed by atoms with E-state index in [0.717, 1.165) is 48.3 Å². The lowest BCUT2D eigenvalue weighted by Gasteiger charge is -2.58. The van der Waals surface area contributed by atoms with E-state index >= 15 is 0 Å². The Hall–Kier alpha value is -0.560. The van der Waals surface area contributed by atoms with Crippen molar-refractivity contribution in [2.45, 2.75) is 118 Å². The zero-order valence-electron chi connectivity index (χ0n) is 21.3. The van der Waals surface area contributed by atoms with Crippen molar-refractivity contribution in [2.75, 3.05) is 0 Å². The molecule has 8 atom stereocenters. The first-order chi connectivity index (χ1) is 14.7. The highest BCUT2D eigenvalue weighted by molar-refractivity contribution is 5.25. The molecule has 0 aromatic rings. The van der Waals surface area contributed by atoms with Crippen LogP contribution in [0.5, 0.6) is 0 Å². The van der Waals surface area contributed by atoms with E-state index < -0.39 is 0 Å². The monoisotopic (exact) mass is 426 g/mol. The van der Waals surface area contributed by atoms with Crippen molar-refractivity contribution in [3.63, 3.8) is 0 Å². The van der Waals surface area contributed by atoms with Gasteiger partial charge in [-0.05, 0) is 123 Å². The van der Waals surface area contributed by atoms with Crippen LogP contribution in [0.3, 0.4) is 0 Å². The van der Waals surface area contributed by atoms with E-state index in [1.54, 1.807) is 5.57 Å². The largest absolute Gasteiger partial charge is 0.393 e. The maximum Gasteiger partial charge on any atom is 0.0577 e. The Morgan fingerprint density at radius 2 is 1.84 bits per heavy atom. The summed E-state index contributed by atoms with van der Waals surface area (Å²) in [5.74, 6) is 5.13. The lowest BCUT2D eigenvalue weighted by molar-refractivity contribution is -0.0571. The summed E-state index contributed by atoms with van der Waals surface area (Å²) in [7, 11) is 0. The second kappa shape index (κ2) is 9.00. The van der Waals surface area contributed by atoms with Crippen LogP contribution in [-0.4, -0.2) is 11.2 Å². The molecule has 0 aromatic heterocycles. The molecule has 0 amide bonds. The van der Waals surface area contributed by atoms with Crippen molar-refractivity contribution in [1.29, 1.82) is 0 Å². The van der Waals surface area contributed by atoms with Gasteiger partial charge in [-0.2, -0.15) is 0 Å². The molecule has 1 heteroatoms. The van der Waals surface area contributed by atoms with Gasteiger partial charge in [-0.1, -0.05) is 58.4 Å². The molecule has 1 N–H and O–H groups in total. The van der Waals surface area contributed by atoms with Crippen LogP contribution in [0, 0.1) is 46.3 Å². The maximum atomic E-state index is 10.3. The number of fused-ring (bicyclic) bond motifs is 5. The minimum Gasteiger partial charge on any atom is -0.393 e. The SMILES string of the molecule is C=C(CC[C@@H](C)[C@@H]1CC[C@H]2[C@@H]3CC=C4C[C@@H](O)CC[C@]4(C)[C@@H]3CC[C@]21C)C(CC)CC. The highest BCUT2D eigenvalue weighted by Gasteiger charge is 2.59. The summed E-state index contributed by atoms with van der Waals surface area (Å²) in [6.07, 6.45) is 17.8. The van der Waals surface area contributed by atoms with Crippen LogP contribution in [0.2, 0.25) is 0 Å². The smallest absolute Gasteiger partial charge is 0.0577 e. The van der Waals surface area contributed by atoms with Gasteiger partial charge in [-0.25, -0.2) is 0 Å². The van der Waals surface area contributed by atoms with E-state index in [2.05, 4.69) is 47.3 Å². The van der Waals surface area contributed by atoms with Gasteiger partial charge in [0.05, 0.1) is 6.10 Å². The molecule has 1 nitrogen and oxygen atoms in total. The van der Waals surface area contributed by atoms with Gasteiger partial charge in [0.25, 0.3) is 0 Å². The van der Waals surface area contributed by atoms with Crippen LogP contribution in [0.1, 0.15) is 112 Å². The molecular formula is C30H50O. The lowest BCUT2D eigenvalue weighted by atomic mass is 9.47. The van der Waals surface area contributed by atoms with E-state index in [1.807, 2.05) is 0 Å². The minimum absolute atomic E-state index is 0.0868. The summed E-state index contributed by atoms with van der Waals surface area (Å²) in [4.78, 5) is 0. The van der Waals surface area contributed by atoms with Crippen LogP contribution in [-0.2, 0) is 0 Å². The lowest BCUT2D eigenvalue weighted by Crippen LogP contribution is -2.50. The van der Waals surface area contributed by atoms with Gasteiger partial charge in [-0.3, -0.25) is 0 Å². The Bertz CT molecular complexity index is 687. The standard InChI is InChI=1S/C30H50O/c1-7-22(8-2)20(3)9-10-21(4)26-13-14-27-25-12-11-23-19-24(31)15-17-29(23,5)28(25)16-18-30(26,27)6/h11,21-22,24-28,31H,3,7-10,12-19H2,1-2,4-6H3/t21-,24+,25+,26+,27+,28-,29+,30+/m1/s1. The van der Waals surface area contributed by atoms with Crippen molar-refractivity contribution in [3.05, 3.63) is 23.8 Å². The Morgan fingerprint density at radius 3 is 2.55 bits per heavy atom. The first-order valence-electron chi connectivity index (χ1n) is 13.8. The first-order valence-corrected chi connectivity index (χ1v) is 13.8. The maximum absolute atomic E-state index is 10.3. The number of aliphatic hydroxyl groups is 1. The summed E-state index contributed by atoms with van der Waals surface area (Å²) in [5.41, 5.74) is 4.05. The molecule has 0 radical (unpaired) electrons. The molecule has 0 spiro atoms. The van der Waals surface area contributed by atoms with Crippen molar-refractivity contribution in [2.24, 2.45) is 46.3 Å². The third-order valence-electron chi connectivity index (χ3n) is 11.3. The second-order valence-corrected chi connectivity index (χ2v) is 12.6. The van der Waals surface area contributed by atoms with Gasteiger partial charge in [0.2, 0.25) is 0 Å². The van der Waals surface area contributed by atoms with Crippen LogP contribution < -0.4 is 0 Å². The molecule has 4 aliphatic carbocycles. The van der Waals surface area contributed by atoms with Crippen LogP contribution in [0.15, 0.2) is 23.8 Å². The highest BCUT2D eigenvalue weighted by Crippen LogP contribution is 2.67. The normalized spacial score (nSPS) is 43.1. The Labute approximate surface area is 193 Å². The third-order valence-corrected chi connectivity index (χ3v) is 11.3. The molecule has 3 saturated carbocycles. The molecule has 0 aliphatic heterocycles. The van der Waals surface area contributed by atoms with E-state index in [-0.39, 0.29) is 6.10 Å². The van der Waals surface area contributed by atoms with E-state index in [1.165, 1.54) is 69.8 Å². The number of rotatable bonds is 7. The summed E-state index contributed by atoms with van der Waals surface area (Å²) >= 11 is 0. The Balaban J connectivity index is 1.45. The molecule has 0 saturated heterocycles. The third kappa shape index (κ3) is 4.00. The molecule has 0 bridgehead atoms. The molecule has 31 heavy (non-hydrogen) atoms. The first kappa shape index (κ1) is 23.6. The fourth-order valence-corrected chi connectivity index (χ4v) is 9.30. The predicted octanol–water partition coefficient (Wildman–Crippen LogP) is 8.34. The Morgan fingerprint density at radius 1 is 1.10 bits per heavy atom. The summed E-state index contributed by atoms with van der Waals surface area (Å²) in [5, 5.41) is 10.3. The summed E-state index contributed by atoms with van der Waals surface area (Å²) in [6.45, 7) is 16.9. The van der Waals surface area contributed by atoms with Crippen LogP contribution in [0.25, 0.3) is 0 Å². The molecule has 0 aromatic carbocycles. The van der Waals surface area contributed by atoms with Crippen LogP contribution in [0.4, 0.5) is 0 Å². The predicted molar refractivity (Wildman–Crippen MR) is 133 cm³/mol. The topological polar surface area (TPSA) is 20.2 Å². The highest BCUT2D eigenvalue weighted by atomic mass is 16.3. The second-order valence-electron chi connectivity index (χ2n) is 12.6. The molecular weight excluding hydrogens is 376 g/mol. The zero-order chi connectivity index (χ0) is 22.4. The molecule has 0 unspecified atom stereocenters. The molecule has 4 rings (SSSR count). The van der Waals surface area contributed by atoms with Gasteiger partial charge in [0.15, 0.2) is 0 Å². The van der Waals surface area contributed by atoms with Gasteiger partial charge in [0.1, 0.15) is 0 Å². The van der Waals surface area contributed by atoms with E-state index in [4.69, 9.17) is 0 Å². The number of aliphatic hydroxyl groups excluding tert-OH is 1. The average Bonchev–Trinajstić information content (AvgIpc) is 3.10. The quantitative estimate of drug-likeness (QED) is 0.406. The Kier molecular flexibility index (Phi) is 6.85. The number of allylic oxidation sites excluding steroid dienone is 2.